The number of aryl methyl sites for hydroxylation is 1. The van der Waals surface area contributed by atoms with Crippen LogP contribution in [0.25, 0.3) is 0 Å². The maximum absolute atomic E-state index is 12.5. The molecule has 0 heterocycles. The summed E-state index contributed by atoms with van der Waals surface area (Å²) in [6.45, 7) is 3.88. The summed E-state index contributed by atoms with van der Waals surface area (Å²) in [5.74, 6) is -3.09. The highest BCUT2D eigenvalue weighted by Gasteiger charge is 2.20. The quantitative estimate of drug-likeness (QED) is 0.0449. The molecule has 0 saturated carbocycles. The van der Waals surface area contributed by atoms with Gasteiger partial charge in [0, 0.05) is 51.0 Å². The van der Waals surface area contributed by atoms with Gasteiger partial charge in [0.1, 0.15) is 6.04 Å². The number of carbonyl (C=O) groups excluding carboxylic acids is 4. The van der Waals surface area contributed by atoms with Crippen LogP contribution in [0.2, 0.25) is 0 Å². The Labute approximate surface area is 268 Å². The SMILES string of the molecule is Cc1cc(CN=C(N)N)cc(C(=O)NCCCCCNC(=O)CCC(=O)NCCCCCNC(=O)N[C@H](CCC(=O)O)C(=O)O)c1. The largest absolute Gasteiger partial charge is 0.481 e. The van der Waals surface area contributed by atoms with Crippen LogP contribution in [0.4, 0.5) is 4.79 Å². The zero-order chi connectivity index (χ0) is 34.3. The molecule has 0 radical (unpaired) electrons. The van der Waals surface area contributed by atoms with Gasteiger partial charge in [0.2, 0.25) is 11.8 Å². The second-order valence-electron chi connectivity index (χ2n) is 10.7. The first-order chi connectivity index (χ1) is 21.9. The number of unbranched alkanes of at least 4 members (excludes halogenated alkanes) is 4. The van der Waals surface area contributed by atoms with Crippen LogP contribution in [0.1, 0.15) is 85.7 Å². The molecular weight excluding hydrogens is 600 g/mol. The smallest absolute Gasteiger partial charge is 0.326 e. The Morgan fingerprint density at radius 1 is 0.739 bits per heavy atom. The summed E-state index contributed by atoms with van der Waals surface area (Å²) in [5.41, 5.74) is 13.1. The molecule has 11 N–H and O–H groups in total. The van der Waals surface area contributed by atoms with Gasteiger partial charge < -0.3 is 48.3 Å². The Hall–Kier alpha value is -4.89. The topological polar surface area (TPSA) is 267 Å². The standard InChI is InChI=1S/C30H48N8O8/c1-20-16-21(19-37-29(31)32)18-22(17-20)27(43)35-14-6-2-4-12-33-24(39)9-10-25(40)34-13-5-3-7-15-36-30(46)38-23(28(44)45)8-11-26(41)42/h16-18,23H,2-15,19H2,1H3,(H,33,39)(H,34,40)(H,35,43)(H,41,42)(H,44,45)(H4,31,32,37)(H2,36,38,46)/t23-/m1/s1. The number of urea groups is 1. The van der Waals surface area contributed by atoms with E-state index in [4.69, 9.17) is 21.7 Å². The van der Waals surface area contributed by atoms with Gasteiger partial charge in [0.25, 0.3) is 5.91 Å². The molecular formula is C30H48N8O8. The molecule has 0 aromatic heterocycles. The van der Waals surface area contributed by atoms with E-state index >= 15 is 0 Å². The first-order valence-corrected chi connectivity index (χ1v) is 15.3. The van der Waals surface area contributed by atoms with Crippen LogP contribution in [0.15, 0.2) is 23.2 Å². The number of nitrogens with two attached hydrogens (primary N) is 2. The van der Waals surface area contributed by atoms with Gasteiger partial charge in [-0.1, -0.05) is 6.07 Å². The molecule has 5 amide bonds. The Kier molecular flexibility index (Phi) is 19.2. The number of carbonyl (C=O) groups is 6. The fourth-order valence-electron chi connectivity index (χ4n) is 4.22. The molecule has 0 saturated heterocycles. The Morgan fingerprint density at radius 2 is 1.28 bits per heavy atom. The number of aliphatic imine (C=N–C) groups is 1. The van der Waals surface area contributed by atoms with Crippen molar-refractivity contribution in [3.63, 3.8) is 0 Å². The predicted octanol–water partition coefficient (Wildman–Crippen LogP) is 0.469. The highest BCUT2D eigenvalue weighted by molar-refractivity contribution is 5.94. The van der Waals surface area contributed by atoms with Crippen molar-refractivity contribution in [3.8, 4) is 0 Å². The van der Waals surface area contributed by atoms with Gasteiger partial charge in [-0.15, -0.1) is 0 Å². The van der Waals surface area contributed by atoms with Crippen LogP contribution in [0, 0.1) is 6.92 Å². The number of amides is 5. The number of carboxylic acids is 2. The summed E-state index contributed by atoms with van der Waals surface area (Å²) in [6.07, 6.45) is 3.79. The summed E-state index contributed by atoms with van der Waals surface area (Å²) in [4.78, 5) is 74.0. The normalized spacial score (nSPS) is 11.1. The third kappa shape index (κ3) is 19.4. The zero-order valence-electron chi connectivity index (χ0n) is 26.4. The van der Waals surface area contributed by atoms with Crippen LogP contribution in [-0.2, 0) is 25.7 Å². The lowest BCUT2D eigenvalue weighted by Gasteiger charge is -2.14. The number of hydrogen-bond donors (Lipinski definition) is 9. The van der Waals surface area contributed by atoms with Crippen molar-refractivity contribution >= 4 is 41.7 Å². The minimum absolute atomic E-state index is 0.0126. The fraction of sp³-hybridized carbons (Fsp3) is 0.567. The molecule has 0 unspecified atom stereocenters. The van der Waals surface area contributed by atoms with E-state index in [0.717, 1.165) is 30.4 Å². The molecule has 0 aliphatic heterocycles. The molecule has 16 heteroatoms. The van der Waals surface area contributed by atoms with Gasteiger partial charge in [-0.2, -0.15) is 0 Å². The van der Waals surface area contributed by atoms with E-state index in [0.29, 0.717) is 51.0 Å². The number of rotatable bonds is 23. The maximum Gasteiger partial charge on any atom is 0.326 e. The molecule has 46 heavy (non-hydrogen) atoms. The second kappa shape index (κ2) is 22.6. The number of carboxylic acid groups (broad SMARTS) is 2. The Morgan fingerprint density at radius 3 is 1.80 bits per heavy atom. The number of guanidine groups is 1. The van der Waals surface area contributed by atoms with Crippen LogP contribution in [0.3, 0.4) is 0 Å². The van der Waals surface area contributed by atoms with Crippen molar-refractivity contribution in [2.75, 3.05) is 26.2 Å². The van der Waals surface area contributed by atoms with Crippen LogP contribution < -0.4 is 38.1 Å². The Bertz CT molecular complexity index is 1200. The molecule has 256 valence electrons. The third-order valence-electron chi connectivity index (χ3n) is 6.60. The van der Waals surface area contributed by atoms with Crippen LogP contribution >= 0.6 is 0 Å². The minimum Gasteiger partial charge on any atom is -0.481 e. The van der Waals surface area contributed by atoms with Gasteiger partial charge in [-0.05, 0) is 75.1 Å². The number of aliphatic carboxylic acids is 2. The van der Waals surface area contributed by atoms with Crippen molar-refractivity contribution in [1.29, 1.82) is 0 Å². The lowest BCUT2D eigenvalue weighted by atomic mass is 10.1. The Balaban J connectivity index is 2.06. The average Bonchev–Trinajstić information content (AvgIpc) is 2.99. The number of nitrogens with zero attached hydrogens (tertiary/aromatic N) is 1. The van der Waals surface area contributed by atoms with Crippen LogP contribution in [-0.4, -0.2) is 84.1 Å². The summed E-state index contributed by atoms with van der Waals surface area (Å²) in [7, 11) is 0. The maximum atomic E-state index is 12.5. The van der Waals surface area contributed by atoms with Crippen molar-refractivity contribution in [2.45, 2.75) is 83.7 Å². The van der Waals surface area contributed by atoms with Gasteiger partial charge in [0.05, 0.1) is 6.54 Å². The first-order valence-electron chi connectivity index (χ1n) is 15.3. The minimum atomic E-state index is -1.31. The number of nitrogens with one attached hydrogen (secondary N) is 5. The third-order valence-corrected chi connectivity index (χ3v) is 6.60. The van der Waals surface area contributed by atoms with E-state index in [9.17, 15) is 28.8 Å². The number of benzene rings is 1. The molecule has 0 aliphatic rings. The van der Waals surface area contributed by atoms with Gasteiger partial charge in [0.15, 0.2) is 5.96 Å². The van der Waals surface area contributed by atoms with Gasteiger partial charge in [-0.3, -0.25) is 19.2 Å². The summed E-state index contributed by atoms with van der Waals surface area (Å²) >= 11 is 0. The van der Waals surface area contributed by atoms with Gasteiger partial charge >= 0.3 is 18.0 Å². The van der Waals surface area contributed by atoms with E-state index < -0.39 is 24.0 Å². The van der Waals surface area contributed by atoms with E-state index in [1.54, 1.807) is 12.1 Å². The second-order valence-corrected chi connectivity index (χ2v) is 10.7. The predicted molar refractivity (Wildman–Crippen MR) is 171 cm³/mol. The van der Waals surface area contributed by atoms with Crippen molar-refractivity contribution in [3.05, 3.63) is 34.9 Å². The van der Waals surface area contributed by atoms with Crippen molar-refractivity contribution in [1.82, 2.24) is 26.6 Å². The zero-order valence-corrected chi connectivity index (χ0v) is 26.4. The molecule has 1 aromatic carbocycles. The van der Waals surface area contributed by atoms with E-state index in [2.05, 4.69) is 31.6 Å². The van der Waals surface area contributed by atoms with E-state index in [-0.39, 0.29) is 55.9 Å². The summed E-state index contributed by atoms with van der Waals surface area (Å²) < 4.78 is 0. The first kappa shape index (κ1) is 39.1. The lowest BCUT2D eigenvalue weighted by Crippen LogP contribution is -2.46. The van der Waals surface area contributed by atoms with Crippen LogP contribution in [0.5, 0.6) is 0 Å². The van der Waals surface area contributed by atoms with E-state index in [1.807, 2.05) is 13.0 Å². The molecule has 1 atom stereocenters. The van der Waals surface area contributed by atoms with E-state index in [1.165, 1.54) is 0 Å². The van der Waals surface area contributed by atoms with Crippen molar-refractivity contribution in [2.24, 2.45) is 16.5 Å². The summed E-state index contributed by atoms with van der Waals surface area (Å²) in [6, 6.07) is 3.49. The molecule has 0 fully saturated rings. The molecule has 1 aromatic rings. The average molecular weight is 649 g/mol. The monoisotopic (exact) mass is 648 g/mol. The number of hydrogen-bond acceptors (Lipinski definition) is 7. The molecule has 0 spiro atoms. The fourth-order valence-corrected chi connectivity index (χ4v) is 4.22. The highest BCUT2D eigenvalue weighted by Crippen LogP contribution is 2.11. The van der Waals surface area contributed by atoms with Crippen molar-refractivity contribution < 1.29 is 39.0 Å². The van der Waals surface area contributed by atoms with Gasteiger partial charge in [-0.25, -0.2) is 14.6 Å². The molecule has 0 aliphatic carbocycles. The molecule has 0 bridgehead atoms. The molecule has 1 rings (SSSR count). The highest BCUT2D eigenvalue weighted by atomic mass is 16.4. The molecule has 16 nitrogen and oxygen atoms in total. The summed E-state index contributed by atoms with van der Waals surface area (Å²) in [5, 5.41) is 30.9. The lowest BCUT2D eigenvalue weighted by molar-refractivity contribution is -0.140.